The van der Waals surface area contributed by atoms with Gasteiger partial charge in [-0.3, -0.25) is 0 Å². The van der Waals surface area contributed by atoms with Crippen molar-refractivity contribution in [1.29, 1.82) is 0 Å². The summed E-state index contributed by atoms with van der Waals surface area (Å²) in [4.78, 5) is 2.45. The first-order chi connectivity index (χ1) is 8.45. The van der Waals surface area contributed by atoms with E-state index in [1.165, 1.54) is 22.6 Å². The molecule has 0 saturated carbocycles. The van der Waals surface area contributed by atoms with Crippen LogP contribution in [0.3, 0.4) is 0 Å². The van der Waals surface area contributed by atoms with Gasteiger partial charge >= 0.3 is 0 Å². The van der Waals surface area contributed by atoms with Gasteiger partial charge in [0.1, 0.15) is 5.82 Å². The Balaban J connectivity index is 2.18. The smallest absolute Gasteiger partial charge is 0.124 e. The molecule has 1 heterocycles. The molecule has 1 atom stereocenters. The summed E-state index contributed by atoms with van der Waals surface area (Å²) in [5.74, 6) is -0.231. The molecule has 0 amide bonds. The SMILES string of the molecule is Cc1cc(C(N)Cc2cc(F)cc(Br)c2)sc1C. The van der Waals surface area contributed by atoms with Crippen molar-refractivity contribution < 1.29 is 4.39 Å². The van der Waals surface area contributed by atoms with Crippen molar-refractivity contribution >= 4 is 27.3 Å². The van der Waals surface area contributed by atoms with Gasteiger partial charge in [-0.2, -0.15) is 0 Å². The number of rotatable bonds is 3. The molecular weight excluding hydrogens is 313 g/mol. The fourth-order valence-corrected chi connectivity index (χ4v) is 3.42. The summed E-state index contributed by atoms with van der Waals surface area (Å²) in [6.07, 6.45) is 0.649. The molecule has 2 rings (SSSR count). The molecule has 0 saturated heterocycles. The molecule has 1 unspecified atom stereocenters. The van der Waals surface area contributed by atoms with Crippen LogP contribution < -0.4 is 5.73 Å². The van der Waals surface area contributed by atoms with Crippen LogP contribution in [0, 0.1) is 19.7 Å². The highest BCUT2D eigenvalue weighted by atomic mass is 79.9. The maximum atomic E-state index is 13.3. The zero-order chi connectivity index (χ0) is 13.3. The molecule has 2 N–H and O–H groups in total. The zero-order valence-corrected chi connectivity index (χ0v) is 12.7. The summed E-state index contributed by atoms with van der Waals surface area (Å²) in [6.45, 7) is 4.18. The van der Waals surface area contributed by atoms with E-state index in [2.05, 4.69) is 35.8 Å². The predicted octanol–water partition coefficient (Wildman–Crippen LogP) is 4.51. The topological polar surface area (TPSA) is 26.0 Å². The summed E-state index contributed by atoms with van der Waals surface area (Å²) in [5, 5.41) is 0. The van der Waals surface area contributed by atoms with Gasteiger partial charge < -0.3 is 5.73 Å². The Morgan fingerprint density at radius 1 is 1.28 bits per heavy atom. The Bertz CT molecular complexity index is 525. The lowest BCUT2D eigenvalue weighted by molar-refractivity contribution is 0.621. The maximum Gasteiger partial charge on any atom is 0.124 e. The molecule has 4 heteroatoms. The van der Waals surface area contributed by atoms with Crippen LogP contribution in [0.5, 0.6) is 0 Å². The molecule has 0 radical (unpaired) electrons. The fraction of sp³-hybridized carbons (Fsp3) is 0.286. The molecule has 1 nitrogen and oxygen atoms in total. The maximum absolute atomic E-state index is 13.3. The van der Waals surface area contributed by atoms with E-state index in [9.17, 15) is 4.39 Å². The van der Waals surface area contributed by atoms with E-state index in [1.807, 2.05) is 6.07 Å². The Morgan fingerprint density at radius 3 is 2.56 bits per heavy atom. The van der Waals surface area contributed by atoms with Crippen molar-refractivity contribution in [3.05, 3.63) is 55.4 Å². The molecule has 2 aromatic rings. The predicted molar refractivity (Wildman–Crippen MR) is 78.5 cm³/mol. The summed E-state index contributed by atoms with van der Waals surface area (Å²) < 4.78 is 14.0. The lowest BCUT2D eigenvalue weighted by Gasteiger charge is -2.10. The average molecular weight is 328 g/mol. The van der Waals surface area contributed by atoms with Gasteiger partial charge in [-0.15, -0.1) is 11.3 Å². The van der Waals surface area contributed by atoms with Crippen molar-refractivity contribution in [1.82, 2.24) is 0 Å². The molecule has 18 heavy (non-hydrogen) atoms. The van der Waals surface area contributed by atoms with Crippen LogP contribution in [0.25, 0.3) is 0 Å². The van der Waals surface area contributed by atoms with E-state index in [0.717, 1.165) is 14.9 Å². The second kappa shape index (κ2) is 5.51. The first-order valence-electron chi connectivity index (χ1n) is 5.73. The third kappa shape index (κ3) is 3.19. The van der Waals surface area contributed by atoms with Crippen LogP contribution >= 0.6 is 27.3 Å². The molecule has 96 valence electrons. The Labute approximate surface area is 119 Å². The molecule has 0 aliphatic carbocycles. The van der Waals surface area contributed by atoms with Crippen LogP contribution in [0.2, 0.25) is 0 Å². The lowest BCUT2D eigenvalue weighted by atomic mass is 10.0. The van der Waals surface area contributed by atoms with E-state index < -0.39 is 0 Å². The Morgan fingerprint density at radius 2 is 2.00 bits per heavy atom. The number of hydrogen-bond donors (Lipinski definition) is 1. The van der Waals surface area contributed by atoms with Crippen LogP contribution in [0.1, 0.15) is 26.9 Å². The van der Waals surface area contributed by atoms with Gasteiger partial charge in [0.05, 0.1) is 0 Å². The monoisotopic (exact) mass is 327 g/mol. The van der Waals surface area contributed by atoms with Gasteiger partial charge in [-0.1, -0.05) is 15.9 Å². The van der Waals surface area contributed by atoms with Crippen LogP contribution in [0.4, 0.5) is 4.39 Å². The summed E-state index contributed by atoms with van der Waals surface area (Å²) in [5.41, 5.74) is 8.37. The van der Waals surface area contributed by atoms with Crippen LogP contribution in [0.15, 0.2) is 28.7 Å². The first-order valence-corrected chi connectivity index (χ1v) is 7.34. The van der Waals surface area contributed by atoms with Gasteiger partial charge in [0, 0.05) is 20.3 Å². The number of benzene rings is 1. The Hall–Kier alpha value is -0.710. The van der Waals surface area contributed by atoms with E-state index >= 15 is 0 Å². The average Bonchev–Trinajstić information content (AvgIpc) is 2.57. The molecule has 0 bridgehead atoms. The number of aryl methyl sites for hydroxylation is 2. The molecule has 1 aromatic heterocycles. The van der Waals surface area contributed by atoms with Gasteiger partial charge in [-0.25, -0.2) is 4.39 Å². The minimum absolute atomic E-state index is 0.0731. The summed E-state index contributed by atoms with van der Waals surface area (Å²) >= 11 is 5.02. The second-order valence-electron chi connectivity index (χ2n) is 4.48. The van der Waals surface area contributed by atoms with Crippen molar-refractivity contribution in [2.75, 3.05) is 0 Å². The Kier molecular flexibility index (Phi) is 4.20. The van der Waals surface area contributed by atoms with Crippen molar-refractivity contribution in [2.24, 2.45) is 5.73 Å². The molecule has 1 aromatic carbocycles. The minimum atomic E-state index is -0.231. The molecule has 0 aliphatic rings. The quantitative estimate of drug-likeness (QED) is 0.881. The highest BCUT2D eigenvalue weighted by Crippen LogP contribution is 2.28. The highest BCUT2D eigenvalue weighted by molar-refractivity contribution is 9.10. The van der Waals surface area contributed by atoms with E-state index in [0.29, 0.717) is 6.42 Å². The largest absolute Gasteiger partial charge is 0.323 e. The van der Waals surface area contributed by atoms with E-state index in [-0.39, 0.29) is 11.9 Å². The minimum Gasteiger partial charge on any atom is -0.323 e. The highest BCUT2D eigenvalue weighted by Gasteiger charge is 2.12. The molecular formula is C14H15BrFNS. The standard InChI is InChI=1S/C14H15BrFNS/c1-8-3-14(18-9(8)2)13(17)6-10-4-11(15)7-12(16)5-10/h3-5,7,13H,6,17H2,1-2H3. The van der Waals surface area contributed by atoms with Crippen molar-refractivity contribution in [3.8, 4) is 0 Å². The first kappa shape index (κ1) is 13.7. The van der Waals surface area contributed by atoms with Crippen molar-refractivity contribution in [2.45, 2.75) is 26.3 Å². The summed E-state index contributed by atoms with van der Waals surface area (Å²) in [6, 6.07) is 6.96. The number of halogens is 2. The van der Waals surface area contributed by atoms with E-state index in [1.54, 1.807) is 11.3 Å². The zero-order valence-electron chi connectivity index (χ0n) is 10.3. The molecule has 0 spiro atoms. The third-order valence-electron chi connectivity index (χ3n) is 2.93. The third-order valence-corrected chi connectivity index (χ3v) is 4.67. The van der Waals surface area contributed by atoms with Crippen LogP contribution in [-0.4, -0.2) is 0 Å². The number of hydrogen-bond acceptors (Lipinski definition) is 2. The molecule has 0 fully saturated rings. The van der Waals surface area contributed by atoms with Crippen LogP contribution in [-0.2, 0) is 6.42 Å². The van der Waals surface area contributed by atoms with Crippen molar-refractivity contribution in [3.63, 3.8) is 0 Å². The lowest BCUT2D eigenvalue weighted by Crippen LogP contribution is -2.11. The fourth-order valence-electron chi connectivity index (χ4n) is 1.87. The van der Waals surface area contributed by atoms with E-state index in [4.69, 9.17) is 5.73 Å². The normalized spacial score (nSPS) is 12.7. The van der Waals surface area contributed by atoms with Gasteiger partial charge in [0.25, 0.3) is 0 Å². The number of thiophene rings is 1. The molecule has 0 aliphatic heterocycles. The summed E-state index contributed by atoms with van der Waals surface area (Å²) in [7, 11) is 0. The van der Waals surface area contributed by atoms with Gasteiger partial charge in [0.2, 0.25) is 0 Å². The second-order valence-corrected chi connectivity index (χ2v) is 6.68. The number of nitrogens with two attached hydrogens (primary N) is 1. The van der Waals surface area contributed by atoms with Gasteiger partial charge in [0.15, 0.2) is 0 Å². The van der Waals surface area contributed by atoms with Gasteiger partial charge in [-0.05, 0) is 55.7 Å².